The lowest BCUT2D eigenvalue weighted by molar-refractivity contribution is 0.371. The molecule has 2 aromatic rings. The van der Waals surface area contributed by atoms with Gasteiger partial charge in [-0.25, -0.2) is 0 Å². The molecule has 1 aliphatic rings. The summed E-state index contributed by atoms with van der Waals surface area (Å²) < 4.78 is 10.7. The van der Waals surface area contributed by atoms with Gasteiger partial charge in [0.05, 0.1) is 19.2 Å². The molecule has 3 rings (SSSR count). The van der Waals surface area contributed by atoms with Gasteiger partial charge in [-0.2, -0.15) is 0 Å². The van der Waals surface area contributed by atoms with Gasteiger partial charge in [-0.05, 0) is 29.6 Å². The number of nitrogens with one attached hydrogen (secondary N) is 1. The van der Waals surface area contributed by atoms with Crippen LogP contribution in [-0.2, 0) is 6.54 Å². The number of thiophene rings is 1. The molecule has 2 heterocycles. The van der Waals surface area contributed by atoms with Crippen LogP contribution in [0, 0.1) is 0 Å². The van der Waals surface area contributed by atoms with Crippen LogP contribution in [0.1, 0.15) is 5.56 Å². The lowest BCUT2D eigenvalue weighted by Crippen LogP contribution is -2.52. The van der Waals surface area contributed by atoms with Crippen LogP contribution in [0.5, 0.6) is 11.5 Å². The van der Waals surface area contributed by atoms with Gasteiger partial charge in [-0.1, -0.05) is 0 Å². The summed E-state index contributed by atoms with van der Waals surface area (Å²) in [4.78, 5) is 9.19. The van der Waals surface area contributed by atoms with Gasteiger partial charge < -0.3 is 24.6 Å². The van der Waals surface area contributed by atoms with E-state index in [-0.39, 0.29) is 24.0 Å². The van der Waals surface area contributed by atoms with Crippen molar-refractivity contribution in [1.29, 1.82) is 0 Å². The second-order valence-corrected chi connectivity index (χ2v) is 6.93. The number of halogens is 1. The van der Waals surface area contributed by atoms with Gasteiger partial charge in [0, 0.05) is 51.4 Å². The van der Waals surface area contributed by atoms with E-state index in [0.717, 1.165) is 49.2 Å². The first-order chi connectivity index (χ1) is 12.7. The summed E-state index contributed by atoms with van der Waals surface area (Å²) in [5, 5.41) is 6.93. The van der Waals surface area contributed by atoms with E-state index < -0.39 is 0 Å². The van der Waals surface area contributed by atoms with Gasteiger partial charge in [0.2, 0.25) is 0 Å². The Hall–Kier alpha value is -1.68. The lowest BCUT2D eigenvalue weighted by atomic mass is 10.2. The summed E-state index contributed by atoms with van der Waals surface area (Å²) in [6.45, 7) is 4.58. The highest BCUT2D eigenvalue weighted by molar-refractivity contribution is 14.0. The number of anilines is 1. The zero-order valence-corrected chi connectivity index (χ0v) is 19.1. The summed E-state index contributed by atoms with van der Waals surface area (Å²) in [6, 6.07) is 10.2. The van der Waals surface area contributed by atoms with Crippen LogP contribution in [0.15, 0.2) is 40.7 Å². The maximum Gasteiger partial charge on any atom is 0.194 e. The van der Waals surface area contributed by atoms with Crippen LogP contribution in [0.3, 0.4) is 0 Å². The fourth-order valence-electron chi connectivity index (χ4n) is 3.09. The first-order valence-corrected chi connectivity index (χ1v) is 9.58. The Bertz CT molecular complexity index is 731. The smallest absolute Gasteiger partial charge is 0.194 e. The van der Waals surface area contributed by atoms with Gasteiger partial charge in [-0.15, -0.1) is 35.3 Å². The SMILES string of the molecule is CN=C(NCc1ccc(OC)cc1OC)N1CCN(c2cccs2)CC1.I. The van der Waals surface area contributed by atoms with Crippen LogP contribution < -0.4 is 19.7 Å². The molecule has 0 bridgehead atoms. The Morgan fingerprint density at radius 3 is 2.52 bits per heavy atom. The molecule has 1 N–H and O–H groups in total. The third kappa shape index (κ3) is 5.41. The average molecular weight is 502 g/mol. The van der Waals surface area contributed by atoms with Gasteiger partial charge in [0.1, 0.15) is 11.5 Å². The summed E-state index contributed by atoms with van der Waals surface area (Å²) in [6.07, 6.45) is 0. The summed E-state index contributed by atoms with van der Waals surface area (Å²) in [5.74, 6) is 2.53. The van der Waals surface area contributed by atoms with Crippen molar-refractivity contribution in [3.63, 3.8) is 0 Å². The second kappa shape index (κ2) is 10.6. The minimum atomic E-state index is 0. The number of guanidine groups is 1. The van der Waals surface area contributed by atoms with Crippen molar-refractivity contribution in [1.82, 2.24) is 10.2 Å². The van der Waals surface area contributed by atoms with E-state index in [2.05, 4.69) is 37.6 Å². The summed E-state index contributed by atoms with van der Waals surface area (Å²) in [7, 11) is 5.17. The number of rotatable bonds is 5. The molecule has 0 atom stereocenters. The molecule has 0 unspecified atom stereocenters. The maximum absolute atomic E-state index is 5.48. The fraction of sp³-hybridized carbons (Fsp3) is 0.421. The Balaban J connectivity index is 0.00000261. The standard InChI is InChI=1S/C19H26N4O2S.HI/c1-20-19(21-14-15-6-7-16(24-2)13-17(15)25-3)23-10-8-22(9-11-23)18-5-4-12-26-18;/h4-7,12-13H,8-11,14H2,1-3H3,(H,20,21);1H. The number of ether oxygens (including phenoxy) is 2. The molecule has 0 aliphatic carbocycles. The van der Waals surface area contributed by atoms with Crippen LogP contribution in [-0.4, -0.2) is 58.3 Å². The highest BCUT2D eigenvalue weighted by Gasteiger charge is 2.20. The predicted molar refractivity (Wildman–Crippen MR) is 123 cm³/mol. The number of hydrogen-bond acceptors (Lipinski definition) is 5. The first kappa shape index (κ1) is 21.6. The predicted octanol–water partition coefficient (Wildman–Crippen LogP) is 3.28. The van der Waals surface area contributed by atoms with Crippen LogP contribution in [0.25, 0.3) is 0 Å². The summed E-state index contributed by atoms with van der Waals surface area (Å²) >= 11 is 1.80. The van der Waals surface area contributed by atoms with Crippen molar-refractivity contribution in [3.8, 4) is 11.5 Å². The van der Waals surface area contributed by atoms with E-state index in [1.54, 1.807) is 25.6 Å². The largest absolute Gasteiger partial charge is 0.497 e. The molecule has 148 valence electrons. The molecule has 0 saturated carbocycles. The van der Waals surface area contributed by atoms with Crippen molar-refractivity contribution in [3.05, 3.63) is 41.3 Å². The number of aliphatic imine (C=N–C) groups is 1. The van der Waals surface area contributed by atoms with Crippen molar-refractivity contribution in [2.24, 2.45) is 4.99 Å². The molecule has 1 aromatic carbocycles. The number of benzene rings is 1. The zero-order chi connectivity index (χ0) is 18.4. The van der Waals surface area contributed by atoms with E-state index in [4.69, 9.17) is 9.47 Å². The molecule has 0 amide bonds. The van der Waals surface area contributed by atoms with Crippen molar-refractivity contribution < 1.29 is 9.47 Å². The molecule has 0 radical (unpaired) electrons. The third-order valence-electron chi connectivity index (χ3n) is 4.54. The maximum atomic E-state index is 5.48. The van der Waals surface area contributed by atoms with Crippen molar-refractivity contribution in [2.45, 2.75) is 6.54 Å². The normalized spacial score (nSPS) is 14.6. The second-order valence-electron chi connectivity index (χ2n) is 6.00. The van der Waals surface area contributed by atoms with E-state index >= 15 is 0 Å². The van der Waals surface area contributed by atoms with E-state index in [1.165, 1.54) is 5.00 Å². The monoisotopic (exact) mass is 502 g/mol. The Morgan fingerprint density at radius 1 is 1.15 bits per heavy atom. The number of piperazine rings is 1. The van der Waals surface area contributed by atoms with Gasteiger partial charge >= 0.3 is 0 Å². The number of nitrogens with zero attached hydrogens (tertiary/aromatic N) is 3. The van der Waals surface area contributed by atoms with Crippen molar-refractivity contribution >= 4 is 46.3 Å². The zero-order valence-electron chi connectivity index (χ0n) is 16.0. The third-order valence-corrected chi connectivity index (χ3v) is 5.47. The van der Waals surface area contributed by atoms with E-state index in [1.807, 2.05) is 25.2 Å². The molecule has 8 heteroatoms. The number of methoxy groups -OCH3 is 2. The molecule has 1 fully saturated rings. The molecule has 27 heavy (non-hydrogen) atoms. The quantitative estimate of drug-likeness (QED) is 0.387. The minimum absolute atomic E-state index is 0. The minimum Gasteiger partial charge on any atom is -0.497 e. The fourth-order valence-corrected chi connectivity index (χ4v) is 3.88. The van der Waals surface area contributed by atoms with E-state index in [9.17, 15) is 0 Å². The van der Waals surface area contributed by atoms with Gasteiger partial charge in [0.15, 0.2) is 5.96 Å². The van der Waals surface area contributed by atoms with E-state index in [0.29, 0.717) is 6.54 Å². The van der Waals surface area contributed by atoms with Gasteiger partial charge in [-0.3, -0.25) is 4.99 Å². The highest BCUT2D eigenvalue weighted by atomic mass is 127. The van der Waals surface area contributed by atoms with Gasteiger partial charge in [0.25, 0.3) is 0 Å². The topological polar surface area (TPSA) is 49.3 Å². The molecule has 6 nitrogen and oxygen atoms in total. The first-order valence-electron chi connectivity index (χ1n) is 8.70. The lowest BCUT2D eigenvalue weighted by Gasteiger charge is -2.37. The molecule has 0 spiro atoms. The Labute approximate surface area is 182 Å². The van der Waals surface area contributed by atoms with Crippen LogP contribution in [0.4, 0.5) is 5.00 Å². The highest BCUT2D eigenvalue weighted by Crippen LogP contribution is 2.25. The molecule has 1 aromatic heterocycles. The molecular formula is C19H27IN4O2S. The van der Waals surface area contributed by atoms with Crippen LogP contribution >= 0.6 is 35.3 Å². The molecule has 1 aliphatic heterocycles. The Morgan fingerprint density at radius 2 is 1.93 bits per heavy atom. The average Bonchev–Trinajstić information content (AvgIpc) is 3.23. The molecular weight excluding hydrogens is 475 g/mol. The Kier molecular flexibility index (Phi) is 8.49. The number of hydrogen-bond donors (Lipinski definition) is 1. The summed E-state index contributed by atoms with van der Waals surface area (Å²) in [5.41, 5.74) is 1.08. The molecule has 1 saturated heterocycles. The van der Waals surface area contributed by atoms with Crippen molar-refractivity contribution in [2.75, 3.05) is 52.3 Å². The van der Waals surface area contributed by atoms with Crippen LogP contribution in [0.2, 0.25) is 0 Å².